The van der Waals surface area contributed by atoms with Crippen molar-refractivity contribution in [3.05, 3.63) is 0 Å². The van der Waals surface area contributed by atoms with Crippen LogP contribution in [0.2, 0.25) is 0 Å². The van der Waals surface area contributed by atoms with E-state index < -0.39 is 0 Å². The minimum absolute atomic E-state index is 0.000786. The quantitative estimate of drug-likeness (QED) is 0.741. The third-order valence-corrected chi connectivity index (χ3v) is 3.50. The summed E-state index contributed by atoms with van der Waals surface area (Å²) in [5, 5.41) is 12.8. The Morgan fingerprint density at radius 3 is 2.94 bits per heavy atom. The normalized spacial score (nSPS) is 30.1. The first-order chi connectivity index (χ1) is 7.58. The molecule has 1 aliphatic carbocycles. The summed E-state index contributed by atoms with van der Waals surface area (Å²) >= 11 is 0. The average Bonchev–Trinajstić information content (AvgIpc) is 2.28. The molecule has 0 saturated heterocycles. The van der Waals surface area contributed by atoms with Gasteiger partial charge in [0.1, 0.15) is 0 Å². The zero-order chi connectivity index (χ0) is 12.0. The molecule has 4 nitrogen and oxygen atoms in total. The van der Waals surface area contributed by atoms with Crippen molar-refractivity contribution >= 4 is 5.91 Å². The second-order valence-corrected chi connectivity index (χ2v) is 4.94. The van der Waals surface area contributed by atoms with Crippen LogP contribution in [-0.2, 0) is 9.53 Å². The number of carbonyl (C=O) groups is 1. The van der Waals surface area contributed by atoms with Gasteiger partial charge in [0.05, 0.1) is 12.7 Å². The molecule has 0 bridgehead atoms. The van der Waals surface area contributed by atoms with Crippen LogP contribution in [-0.4, -0.2) is 37.4 Å². The molecular weight excluding hydrogens is 206 g/mol. The number of hydrogen-bond donors (Lipinski definition) is 2. The summed E-state index contributed by atoms with van der Waals surface area (Å²) in [5.74, 6) is 0.000786. The van der Waals surface area contributed by atoms with Crippen LogP contribution in [0.15, 0.2) is 0 Å². The van der Waals surface area contributed by atoms with E-state index in [1.807, 2.05) is 6.92 Å². The van der Waals surface area contributed by atoms with Gasteiger partial charge in [0.25, 0.3) is 0 Å². The summed E-state index contributed by atoms with van der Waals surface area (Å²) in [6.07, 6.45) is 4.17. The number of ether oxygens (including phenoxy) is 1. The monoisotopic (exact) mass is 229 g/mol. The van der Waals surface area contributed by atoms with Crippen LogP contribution in [0.4, 0.5) is 0 Å². The fourth-order valence-electron chi connectivity index (χ4n) is 2.17. The Labute approximate surface area is 97.4 Å². The molecule has 0 radical (unpaired) electrons. The number of hydrogen-bond acceptors (Lipinski definition) is 3. The van der Waals surface area contributed by atoms with E-state index in [9.17, 15) is 9.90 Å². The molecule has 1 aliphatic rings. The highest BCUT2D eigenvalue weighted by Gasteiger charge is 2.35. The lowest BCUT2D eigenvalue weighted by Gasteiger charge is -2.38. The standard InChI is InChI=1S/C12H23NO3/c1-12(7-4-3-5-10(12)14)9-13-11(15)6-8-16-2/h10,14H,3-9H2,1-2H3,(H,13,15)/t10-,12-/m1/s1. The molecule has 2 N–H and O–H groups in total. The molecule has 1 amide bonds. The van der Waals surface area contributed by atoms with E-state index in [1.54, 1.807) is 7.11 Å². The molecule has 0 aliphatic heterocycles. The van der Waals surface area contributed by atoms with Crippen LogP contribution in [0.5, 0.6) is 0 Å². The van der Waals surface area contributed by atoms with Gasteiger partial charge < -0.3 is 15.2 Å². The Balaban J connectivity index is 2.32. The van der Waals surface area contributed by atoms with Gasteiger partial charge in [-0.15, -0.1) is 0 Å². The zero-order valence-corrected chi connectivity index (χ0v) is 10.3. The molecule has 94 valence electrons. The summed E-state index contributed by atoms with van der Waals surface area (Å²) in [6.45, 7) is 3.06. The van der Waals surface area contributed by atoms with Crippen molar-refractivity contribution in [2.45, 2.75) is 45.1 Å². The fourth-order valence-corrected chi connectivity index (χ4v) is 2.17. The van der Waals surface area contributed by atoms with E-state index in [4.69, 9.17) is 4.74 Å². The van der Waals surface area contributed by atoms with Crippen LogP contribution in [0.25, 0.3) is 0 Å². The maximum absolute atomic E-state index is 11.4. The Kier molecular flexibility index (Phi) is 5.22. The molecule has 0 spiro atoms. The van der Waals surface area contributed by atoms with E-state index in [1.165, 1.54) is 0 Å². The molecule has 0 unspecified atom stereocenters. The number of methoxy groups -OCH3 is 1. The first-order valence-electron chi connectivity index (χ1n) is 6.02. The Morgan fingerprint density at radius 1 is 1.56 bits per heavy atom. The van der Waals surface area contributed by atoms with Gasteiger partial charge in [0.15, 0.2) is 0 Å². The molecule has 2 atom stereocenters. The van der Waals surface area contributed by atoms with E-state index in [-0.39, 0.29) is 17.4 Å². The van der Waals surface area contributed by atoms with Crippen molar-refractivity contribution < 1.29 is 14.6 Å². The molecule has 0 aromatic rings. The zero-order valence-electron chi connectivity index (χ0n) is 10.3. The van der Waals surface area contributed by atoms with Crippen LogP contribution >= 0.6 is 0 Å². The first-order valence-corrected chi connectivity index (χ1v) is 6.02. The maximum Gasteiger partial charge on any atom is 0.222 e. The number of carbonyl (C=O) groups excluding carboxylic acids is 1. The molecule has 1 saturated carbocycles. The van der Waals surface area contributed by atoms with Crippen molar-refractivity contribution in [2.24, 2.45) is 5.41 Å². The summed E-state index contributed by atoms with van der Waals surface area (Å²) in [6, 6.07) is 0. The van der Waals surface area contributed by atoms with Gasteiger partial charge in [0.2, 0.25) is 5.91 Å². The van der Waals surface area contributed by atoms with Crippen molar-refractivity contribution in [1.29, 1.82) is 0 Å². The molecule has 1 rings (SSSR count). The van der Waals surface area contributed by atoms with E-state index in [0.717, 1.165) is 25.7 Å². The van der Waals surface area contributed by atoms with E-state index in [0.29, 0.717) is 19.6 Å². The van der Waals surface area contributed by atoms with Crippen molar-refractivity contribution in [1.82, 2.24) is 5.32 Å². The molecular formula is C12H23NO3. The summed E-state index contributed by atoms with van der Waals surface area (Å²) in [4.78, 5) is 11.4. The van der Waals surface area contributed by atoms with Crippen LogP contribution in [0.1, 0.15) is 39.0 Å². The number of amides is 1. The number of nitrogens with one attached hydrogen (secondary N) is 1. The number of aliphatic hydroxyl groups excluding tert-OH is 1. The van der Waals surface area contributed by atoms with E-state index >= 15 is 0 Å². The lowest BCUT2D eigenvalue weighted by atomic mass is 9.73. The van der Waals surface area contributed by atoms with Gasteiger partial charge in [-0.3, -0.25) is 4.79 Å². The predicted octanol–water partition coefficient (Wildman–Crippen LogP) is 1.08. The smallest absolute Gasteiger partial charge is 0.222 e. The van der Waals surface area contributed by atoms with E-state index in [2.05, 4.69) is 5.32 Å². The predicted molar refractivity (Wildman–Crippen MR) is 62.1 cm³/mol. The second kappa shape index (κ2) is 6.21. The molecule has 0 heterocycles. The van der Waals surface area contributed by atoms with Gasteiger partial charge in [-0.1, -0.05) is 19.8 Å². The molecule has 16 heavy (non-hydrogen) atoms. The summed E-state index contributed by atoms with van der Waals surface area (Å²) in [7, 11) is 1.58. The van der Waals surface area contributed by atoms with Gasteiger partial charge in [-0.25, -0.2) is 0 Å². The first kappa shape index (κ1) is 13.5. The summed E-state index contributed by atoms with van der Waals surface area (Å²) < 4.78 is 4.84. The highest BCUT2D eigenvalue weighted by atomic mass is 16.5. The van der Waals surface area contributed by atoms with Crippen LogP contribution in [0.3, 0.4) is 0 Å². The second-order valence-electron chi connectivity index (χ2n) is 4.94. The Bertz CT molecular complexity index is 232. The third-order valence-electron chi connectivity index (χ3n) is 3.50. The highest BCUT2D eigenvalue weighted by Crippen LogP contribution is 2.35. The Hall–Kier alpha value is -0.610. The Morgan fingerprint density at radius 2 is 2.31 bits per heavy atom. The van der Waals surface area contributed by atoms with Crippen molar-refractivity contribution in [3.8, 4) is 0 Å². The van der Waals surface area contributed by atoms with Crippen LogP contribution in [0, 0.1) is 5.41 Å². The minimum Gasteiger partial charge on any atom is -0.392 e. The molecule has 1 fully saturated rings. The largest absolute Gasteiger partial charge is 0.392 e. The molecule has 4 heteroatoms. The van der Waals surface area contributed by atoms with Gasteiger partial charge >= 0.3 is 0 Å². The van der Waals surface area contributed by atoms with Gasteiger partial charge in [0, 0.05) is 25.5 Å². The van der Waals surface area contributed by atoms with Gasteiger partial charge in [-0.2, -0.15) is 0 Å². The lowest BCUT2D eigenvalue weighted by molar-refractivity contribution is -0.123. The lowest BCUT2D eigenvalue weighted by Crippen LogP contribution is -2.45. The molecule has 0 aromatic heterocycles. The SMILES string of the molecule is COCCC(=O)NC[C@@]1(C)CCCC[C@H]1O. The third kappa shape index (κ3) is 3.76. The fraction of sp³-hybridized carbons (Fsp3) is 0.917. The number of aliphatic hydroxyl groups is 1. The molecule has 0 aromatic carbocycles. The highest BCUT2D eigenvalue weighted by molar-refractivity contribution is 5.76. The van der Waals surface area contributed by atoms with Crippen LogP contribution < -0.4 is 5.32 Å². The summed E-state index contributed by atoms with van der Waals surface area (Å²) in [5.41, 5.74) is -0.152. The van der Waals surface area contributed by atoms with Crippen molar-refractivity contribution in [3.63, 3.8) is 0 Å². The average molecular weight is 229 g/mol. The van der Waals surface area contributed by atoms with Crippen molar-refractivity contribution in [2.75, 3.05) is 20.3 Å². The number of rotatable bonds is 5. The topological polar surface area (TPSA) is 58.6 Å². The maximum atomic E-state index is 11.4. The minimum atomic E-state index is -0.288. The van der Waals surface area contributed by atoms with Gasteiger partial charge in [-0.05, 0) is 12.8 Å².